The molecule has 1 unspecified atom stereocenters. The molecular weight excluding hydrogens is 421 g/mol. The molecule has 4 heteroatoms. The third kappa shape index (κ3) is 2.95. The number of halogens is 1. The third-order valence-electron chi connectivity index (χ3n) is 4.76. The molecule has 3 nitrogen and oxygen atoms in total. The van der Waals surface area contributed by atoms with Crippen LogP contribution in [0.2, 0.25) is 0 Å². The van der Waals surface area contributed by atoms with E-state index >= 15 is 0 Å². The lowest BCUT2D eigenvalue weighted by Crippen LogP contribution is -2.33. The van der Waals surface area contributed by atoms with E-state index in [4.69, 9.17) is 11.5 Å². The average Bonchev–Trinajstić information content (AvgIpc) is 2.61. The molecule has 3 aromatic carbocycles. The maximum atomic E-state index is 6.11. The monoisotopic (exact) mass is 443 g/mol. The summed E-state index contributed by atoms with van der Waals surface area (Å²) in [4.78, 5) is 2.41. The molecule has 0 fully saturated rings. The van der Waals surface area contributed by atoms with Crippen molar-refractivity contribution in [2.75, 3.05) is 22.9 Å². The second-order valence-corrected chi connectivity index (χ2v) is 6.22. The Morgan fingerprint density at radius 3 is 2.16 bits per heavy atom. The molecule has 4 N–H and O–H groups in total. The summed E-state index contributed by atoms with van der Waals surface area (Å²) in [5.41, 5.74) is 19.9. The first kappa shape index (κ1) is 17.6. The van der Waals surface area contributed by atoms with Crippen LogP contribution in [0.5, 0.6) is 0 Å². The summed E-state index contributed by atoms with van der Waals surface area (Å²) in [6.45, 7) is 3.07. The van der Waals surface area contributed by atoms with Gasteiger partial charge in [0.15, 0.2) is 0 Å². The van der Waals surface area contributed by atoms with E-state index in [0.29, 0.717) is 0 Å². The van der Waals surface area contributed by atoms with E-state index in [2.05, 4.69) is 66.4 Å². The summed E-state index contributed by atoms with van der Waals surface area (Å²) in [7, 11) is 0. The van der Waals surface area contributed by atoms with Gasteiger partial charge in [0.05, 0.1) is 6.04 Å². The average molecular weight is 443 g/mol. The van der Waals surface area contributed by atoms with Crippen LogP contribution < -0.4 is 16.4 Å². The molecule has 0 saturated heterocycles. The molecule has 3 aromatic rings. The van der Waals surface area contributed by atoms with E-state index in [1.807, 2.05) is 12.1 Å². The minimum atomic E-state index is 0. The number of nitrogens with zero attached hydrogens (tertiary/aromatic N) is 1. The summed E-state index contributed by atoms with van der Waals surface area (Å²) in [5, 5.41) is 0. The van der Waals surface area contributed by atoms with Crippen molar-refractivity contribution in [2.45, 2.75) is 13.0 Å². The first-order valence-electron chi connectivity index (χ1n) is 8.30. The normalized spacial score (nSPS) is 15.1. The molecule has 0 bridgehead atoms. The lowest BCUT2D eigenvalue weighted by molar-refractivity contribution is 0.719. The van der Waals surface area contributed by atoms with Crippen molar-refractivity contribution in [1.82, 2.24) is 0 Å². The van der Waals surface area contributed by atoms with E-state index in [-0.39, 0.29) is 30.0 Å². The van der Waals surface area contributed by atoms with Crippen molar-refractivity contribution in [1.29, 1.82) is 0 Å². The Morgan fingerprint density at radius 1 is 0.840 bits per heavy atom. The van der Waals surface area contributed by atoms with Crippen LogP contribution in [0.15, 0.2) is 66.7 Å². The van der Waals surface area contributed by atoms with Gasteiger partial charge >= 0.3 is 0 Å². The number of anilines is 3. The zero-order valence-electron chi connectivity index (χ0n) is 14.1. The van der Waals surface area contributed by atoms with E-state index in [1.54, 1.807) is 0 Å². The van der Waals surface area contributed by atoms with Gasteiger partial charge in [0, 0.05) is 29.2 Å². The van der Waals surface area contributed by atoms with Gasteiger partial charge in [-0.3, -0.25) is 0 Å². The molecule has 4 rings (SSSR count). The van der Waals surface area contributed by atoms with Crippen LogP contribution in [0.1, 0.15) is 24.1 Å². The number of benzene rings is 3. The van der Waals surface area contributed by atoms with Crippen molar-refractivity contribution in [3.05, 3.63) is 77.9 Å². The van der Waals surface area contributed by atoms with Crippen LogP contribution in [0.4, 0.5) is 17.1 Å². The number of hydrogen-bond donors (Lipinski definition) is 2. The van der Waals surface area contributed by atoms with Gasteiger partial charge in [0.25, 0.3) is 0 Å². The first-order valence-corrected chi connectivity index (χ1v) is 8.30. The van der Waals surface area contributed by atoms with Gasteiger partial charge < -0.3 is 16.4 Å². The predicted octanol–water partition coefficient (Wildman–Crippen LogP) is 5.07. The van der Waals surface area contributed by atoms with Gasteiger partial charge in [-0.15, -0.1) is 24.0 Å². The van der Waals surface area contributed by atoms with E-state index in [1.165, 1.54) is 27.9 Å². The molecule has 128 valence electrons. The quantitative estimate of drug-likeness (QED) is 0.430. The lowest BCUT2D eigenvalue weighted by Gasteiger charge is -2.40. The minimum absolute atomic E-state index is 0. The molecule has 0 aliphatic carbocycles. The summed E-state index contributed by atoms with van der Waals surface area (Å²) in [6.07, 6.45) is 0. The Kier molecular flexibility index (Phi) is 4.90. The zero-order valence-corrected chi connectivity index (χ0v) is 16.5. The largest absolute Gasteiger partial charge is 0.399 e. The van der Waals surface area contributed by atoms with Crippen LogP contribution in [-0.2, 0) is 0 Å². The molecule has 0 amide bonds. The highest BCUT2D eigenvalue weighted by Crippen LogP contribution is 2.48. The fourth-order valence-corrected chi connectivity index (χ4v) is 3.72. The van der Waals surface area contributed by atoms with E-state index in [9.17, 15) is 0 Å². The summed E-state index contributed by atoms with van der Waals surface area (Å²) < 4.78 is 0. The van der Waals surface area contributed by atoms with Gasteiger partial charge in [-0.1, -0.05) is 42.5 Å². The molecule has 0 saturated carbocycles. The highest BCUT2D eigenvalue weighted by atomic mass is 127. The topological polar surface area (TPSA) is 55.3 Å². The minimum Gasteiger partial charge on any atom is -0.399 e. The fourth-order valence-electron chi connectivity index (χ4n) is 3.72. The van der Waals surface area contributed by atoms with Crippen LogP contribution in [0, 0.1) is 0 Å². The Morgan fingerprint density at radius 2 is 1.48 bits per heavy atom. The van der Waals surface area contributed by atoms with Gasteiger partial charge in [-0.05, 0) is 47.9 Å². The van der Waals surface area contributed by atoms with Crippen LogP contribution in [0.3, 0.4) is 0 Å². The van der Waals surface area contributed by atoms with Crippen molar-refractivity contribution >= 4 is 41.0 Å². The van der Waals surface area contributed by atoms with Crippen molar-refractivity contribution in [3.8, 4) is 11.1 Å². The Hall–Kier alpha value is -2.21. The number of fused-ring (bicyclic) bond motifs is 3. The predicted molar refractivity (Wildman–Crippen MR) is 117 cm³/mol. The second kappa shape index (κ2) is 6.96. The van der Waals surface area contributed by atoms with Crippen molar-refractivity contribution in [3.63, 3.8) is 0 Å². The molecule has 1 atom stereocenters. The van der Waals surface area contributed by atoms with Crippen molar-refractivity contribution < 1.29 is 0 Å². The molecule has 0 aromatic heterocycles. The number of rotatable bonds is 2. The van der Waals surface area contributed by atoms with Crippen LogP contribution in [-0.4, -0.2) is 6.54 Å². The number of nitrogen functional groups attached to an aromatic ring is 2. The second-order valence-electron chi connectivity index (χ2n) is 6.22. The smallest absolute Gasteiger partial charge is 0.0802 e. The Labute approximate surface area is 165 Å². The van der Waals surface area contributed by atoms with Gasteiger partial charge in [-0.25, -0.2) is 0 Å². The summed E-state index contributed by atoms with van der Waals surface area (Å²) >= 11 is 0. The highest BCUT2D eigenvalue weighted by molar-refractivity contribution is 14.0. The Bertz CT molecular complexity index is 893. The fraction of sp³-hybridized carbons (Fsp3) is 0.143. The lowest BCUT2D eigenvalue weighted by atomic mass is 9.84. The van der Waals surface area contributed by atoms with Crippen LogP contribution >= 0.6 is 24.0 Å². The highest BCUT2D eigenvalue weighted by Gasteiger charge is 2.31. The number of nitrogens with two attached hydrogens (primary N) is 2. The third-order valence-corrected chi connectivity index (χ3v) is 4.76. The van der Waals surface area contributed by atoms with Gasteiger partial charge in [0.1, 0.15) is 0 Å². The van der Waals surface area contributed by atoms with Gasteiger partial charge in [0.2, 0.25) is 0 Å². The number of hydrogen-bond acceptors (Lipinski definition) is 3. The zero-order chi connectivity index (χ0) is 16.7. The summed E-state index contributed by atoms with van der Waals surface area (Å²) in [5.74, 6) is 0. The summed E-state index contributed by atoms with van der Waals surface area (Å²) in [6, 6.07) is 23.1. The molecule has 1 heterocycles. The standard InChI is InChI=1S/C21H21N3.HI/c1-2-24-20-13-16(23)9-11-18(20)17-10-8-15(22)12-19(17)21(24)14-6-4-3-5-7-14;/h3-13,21H,2,22-23H2,1H3;1H. The molecule has 0 spiro atoms. The Balaban J connectivity index is 0.00000182. The van der Waals surface area contributed by atoms with Gasteiger partial charge in [-0.2, -0.15) is 0 Å². The van der Waals surface area contributed by atoms with Crippen molar-refractivity contribution in [2.24, 2.45) is 0 Å². The SMILES string of the molecule is CCN1c2cc(N)ccc2-c2ccc(N)cc2C1c1ccccc1.I. The molecule has 25 heavy (non-hydrogen) atoms. The molecular formula is C21H22IN3. The first-order chi connectivity index (χ1) is 11.7. The van der Waals surface area contributed by atoms with E-state index < -0.39 is 0 Å². The maximum Gasteiger partial charge on any atom is 0.0802 e. The molecule has 1 aliphatic heterocycles. The van der Waals surface area contributed by atoms with Crippen LogP contribution in [0.25, 0.3) is 11.1 Å². The maximum absolute atomic E-state index is 6.11. The molecule has 0 radical (unpaired) electrons. The van der Waals surface area contributed by atoms with E-state index in [0.717, 1.165) is 17.9 Å². The molecule has 1 aliphatic rings.